The molecule has 0 radical (unpaired) electrons. The lowest BCUT2D eigenvalue weighted by Gasteiger charge is -2.24. The van der Waals surface area contributed by atoms with Crippen molar-refractivity contribution >= 4 is 28.8 Å². The van der Waals surface area contributed by atoms with Gasteiger partial charge in [0.15, 0.2) is 0 Å². The van der Waals surface area contributed by atoms with Gasteiger partial charge in [0.25, 0.3) is 11.7 Å². The fourth-order valence-corrected chi connectivity index (χ4v) is 4.47. The summed E-state index contributed by atoms with van der Waals surface area (Å²) in [6, 6.07) is 9.96. The fraction of sp³-hybridized carbons (Fsp3) is 0.227. The average molecular weight is 423 g/mol. The van der Waals surface area contributed by atoms with E-state index in [-0.39, 0.29) is 11.3 Å². The van der Waals surface area contributed by atoms with Crippen molar-refractivity contribution in [2.45, 2.75) is 19.0 Å². The number of nitrogens with zero attached hydrogens (tertiary/aromatic N) is 3. The lowest BCUT2D eigenvalue weighted by molar-refractivity contribution is -0.139. The smallest absolute Gasteiger partial charge is 0.295 e. The summed E-state index contributed by atoms with van der Waals surface area (Å²) in [7, 11) is 1.53. The summed E-state index contributed by atoms with van der Waals surface area (Å²) in [5.41, 5.74) is 0.547. The van der Waals surface area contributed by atoms with Gasteiger partial charge in [0.2, 0.25) is 0 Å². The van der Waals surface area contributed by atoms with E-state index in [9.17, 15) is 14.7 Å². The number of ether oxygens (including phenoxy) is 1. The number of imidazole rings is 1. The molecule has 3 aromatic rings. The number of aryl methyl sites for hydroxylation is 1. The molecule has 3 heterocycles. The number of ketones is 1. The van der Waals surface area contributed by atoms with Gasteiger partial charge in [-0.15, -0.1) is 11.3 Å². The number of likely N-dealkylation sites (tertiary alicyclic amines) is 1. The number of aromatic nitrogens is 2. The maximum absolute atomic E-state index is 12.9. The maximum Gasteiger partial charge on any atom is 0.295 e. The van der Waals surface area contributed by atoms with Crippen molar-refractivity contribution in [2.24, 2.45) is 0 Å². The van der Waals surface area contributed by atoms with Crippen LogP contribution in [-0.2, 0) is 16.1 Å². The van der Waals surface area contributed by atoms with Crippen LogP contribution in [0.3, 0.4) is 0 Å². The molecular formula is C22H21N3O4S. The molecule has 4 rings (SSSR count). The number of hydrogen-bond acceptors (Lipinski definition) is 6. The summed E-state index contributed by atoms with van der Waals surface area (Å²) in [6.45, 7) is 1.07. The molecular weight excluding hydrogens is 402 g/mol. The summed E-state index contributed by atoms with van der Waals surface area (Å²) in [5, 5.41) is 12.9. The minimum Gasteiger partial charge on any atom is -0.507 e. The number of Topliss-reactive ketones (excluding diaryl/α,β-unsaturated/α-hetero) is 1. The fourth-order valence-electron chi connectivity index (χ4n) is 3.62. The van der Waals surface area contributed by atoms with Crippen LogP contribution in [0, 0.1) is 0 Å². The van der Waals surface area contributed by atoms with Gasteiger partial charge in [-0.1, -0.05) is 18.2 Å². The van der Waals surface area contributed by atoms with Gasteiger partial charge in [0.05, 0.1) is 25.1 Å². The lowest BCUT2D eigenvalue weighted by atomic mass is 9.99. The van der Waals surface area contributed by atoms with Crippen molar-refractivity contribution in [3.63, 3.8) is 0 Å². The van der Waals surface area contributed by atoms with Crippen molar-refractivity contribution in [1.29, 1.82) is 0 Å². The molecule has 154 valence electrons. The molecule has 0 spiro atoms. The molecule has 1 aliphatic heterocycles. The van der Waals surface area contributed by atoms with Crippen LogP contribution < -0.4 is 4.74 Å². The Morgan fingerprint density at radius 2 is 2.10 bits per heavy atom. The maximum atomic E-state index is 12.9. The van der Waals surface area contributed by atoms with Crippen molar-refractivity contribution in [3.05, 3.63) is 76.5 Å². The first kappa shape index (κ1) is 19.9. The number of thiophene rings is 1. The molecule has 1 fully saturated rings. The van der Waals surface area contributed by atoms with Crippen molar-refractivity contribution < 1.29 is 19.4 Å². The van der Waals surface area contributed by atoms with Crippen LogP contribution in [0.2, 0.25) is 0 Å². The van der Waals surface area contributed by atoms with Crippen molar-refractivity contribution in [1.82, 2.24) is 14.5 Å². The monoisotopic (exact) mass is 423 g/mol. The number of rotatable bonds is 7. The summed E-state index contributed by atoms with van der Waals surface area (Å²) in [6.07, 6.45) is 5.93. The largest absolute Gasteiger partial charge is 0.507 e. The van der Waals surface area contributed by atoms with Crippen LogP contribution in [0.1, 0.15) is 22.9 Å². The molecule has 1 atom stereocenters. The molecule has 1 N–H and O–H groups in total. The molecule has 0 saturated carbocycles. The first-order valence-corrected chi connectivity index (χ1v) is 10.4. The third kappa shape index (κ3) is 3.73. The number of methoxy groups -OCH3 is 1. The van der Waals surface area contributed by atoms with Gasteiger partial charge < -0.3 is 19.3 Å². The second-order valence-corrected chi connectivity index (χ2v) is 7.87. The summed E-state index contributed by atoms with van der Waals surface area (Å²) >= 11 is 1.45. The number of carbonyl (C=O) groups excluding carboxylic acids is 2. The predicted molar refractivity (Wildman–Crippen MR) is 113 cm³/mol. The number of aliphatic hydroxyl groups excluding tert-OH is 1. The number of carbonyl (C=O) groups is 2. The van der Waals surface area contributed by atoms with Crippen molar-refractivity contribution in [3.8, 4) is 5.75 Å². The summed E-state index contributed by atoms with van der Waals surface area (Å²) in [4.78, 5) is 32.2. The van der Waals surface area contributed by atoms with Crippen molar-refractivity contribution in [2.75, 3.05) is 13.7 Å². The Labute approximate surface area is 177 Å². The van der Waals surface area contributed by atoms with Gasteiger partial charge >= 0.3 is 0 Å². The summed E-state index contributed by atoms with van der Waals surface area (Å²) in [5.74, 6) is -0.899. The third-order valence-electron chi connectivity index (χ3n) is 5.07. The Bertz CT molecular complexity index is 1070. The third-order valence-corrected chi connectivity index (χ3v) is 6.00. The number of hydrogen-bond donors (Lipinski definition) is 1. The zero-order valence-corrected chi connectivity index (χ0v) is 17.2. The van der Waals surface area contributed by atoms with Gasteiger partial charge in [0.1, 0.15) is 11.5 Å². The zero-order chi connectivity index (χ0) is 21.1. The topological polar surface area (TPSA) is 84.7 Å². The number of amides is 1. The van der Waals surface area contributed by atoms with E-state index >= 15 is 0 Å². The normalized spacial score (nSPS) is 18.2. The molecule has 2 aromatic heterocycles. The molecule has 1 aromatic carbocycles. The average Bonchev–Trinajstić information content (AvgIpc) is 3.52. The second-order valence-electron chi connectivity index (χ2n) is 6.89. The minimum atomic E-state index is -0.670. The van der Waals surface area contributed by atoms with Gasteiger partial charge in [0, 0.05) is 35.9 Å². The Hall–Kier alpha value is -3.39. The SMILES string of the molecule is COc1cccc(C(O)=C2C(=O)C(=O)N(CCCn3ccnc3)[C@@H]2c2cccs2)c1. The van der Waals surface area contributed by atoms with E-state index in [1.165, 1.54) is 18.4 Å². The first-order chi connectivity index (χ1) is 14.6. The number of aliphatic hydroxyl groups is 1. The molecule has 1 amide bonds. The van der Waals surface area contributed by atoms with E-state index in [1.807, 2.05) is 28.3 Å². The van der Waals surface area contributed by atoms with E-state index in [0.29, 0.717) is 30.8 Å². The highest BCUT2D eigenvalue weighted by Crippen LogP contribution is 2.41. The highest BCUT2D eigenvalue weighted by atomic mass is 32.1. The standard InChI is InChI=1S/C22H21N3O4S/c1-29-16-6-2-5-15(13-16)20(26)18-19(17-7-3-12-30-17)25(22(28)21(18)27)10-4-9-24-11-8-23-14-24/h2-3,5-8,11-14,19,26H,4,9-10H2,1H3/t19-/m1/s1. The van der Waals surface area contributed by atoms with Crippen LogP contribution in [-0.4, -0.2) is 44.9 Å². The van der Waals surface area contributed by atoms with Gasteiger partial charge in [-0.05, 0) is 30.0 Å². The minimum absolute atomic E-state index is 0.110. The van der Waals surface area contributed by atoms with Crippen LogP contribution >= 0.6 is 11.3 Å². The van der Waals surface area contributed by atoms with Gasteiger partial charge in [-0.3, -0.25) is 9.59 Å². The molecule has 7 nitrogen and oxygen atoms in total. The number of benzene rings is 1. The summed E-state index contributed by atoms with van der Waals surface area (Å²) < 4.78 is 7.15. The molecule has 1 saturated heterocycles. The zero-order valence-electron chi connectivity index (χ0n) is 16.4. The van der Waals surface area contributed by atoms with Crippen LogP contribution in [0.25, 0.3) is 5.76 Å². The van der Waals surface area contributed by atoms with E-state index in [4.69, 9.17) is 4.74 Å². The lowest BCUT2D eigenvalue weighted by Crippen LogP contribution is -2.31. The van der Waals surface area contributed by atoms with E-state index in [0.717, 1.165) is 4.88 Å². The molecule has 0 bridgehead atoms. The van der Waals surface area contributed by atoms with Gasteiger partial charge in [-0.2, -0.15) is 0 Å². The van der Waals surface area contributed by atoms with Crippen LogP contribution in [0.15, 0.2) is 66.1 Å². The van der Waals surface area contributed by atoms with Crippen LogP contribution in [0.5, 0.6) is 5.75 Å². The molecule has 1 aliphatic rings. The Balaban J connectivity index is 1.69. The van der Waals surface area contributed by atoms with E-state index < -0.39 is 17.7 Å². The van der Waals surface area contributed by atoms with E-state index in [1.54, 1.807) is 41.7 Å². The Morgan fingerprint density at radius 3 is 2.80 bits per heavy atom. The Kier molecular flexibility index (Phi) is 5.67. The molecule has 30 heavy (non-hydrogen) atoms. The highest BCUT2D eigenvalue weighted by Gasteiger charge is 2.46. The molecule has 0 aliphatic carbocycles. The highest BCUT2D eigenvalue weighted by molar-refractivity contribution is 7.10. The molecule has 8 heteroatoms. The molecule has 0 unspecified atom stereocenters. The first-order valence-electron chi connectivity index (χ1n) is 9.52. The quantitative estimate of drug-likeness (QED) is 0.357. The predicted octanol–water partition coefficient (Wildman–Crippen LogP) is 3.47. The Morgan fingerprint density at radius 1 is 1.23 bits per heavy atom. The van der Waals surface area contributed by atoms with Gasteiger partial charge in [-0.25, -0.2) is 4.98 Å². The van der Waals surface area contributed by atoms with Crippen LogP contribution in [0.4, 0.5) is 0 Å². The van der Waals surface area contributed by atoms with E-state index in [2.05, 4.69) is 4.98 Å². The second kappa shape index (κ2) is 8.54.